The molecule has 4 rings (SSSR count). The number of amides is 1. The van der Waals surface area contributed by atoms with Crippen molar-refractivity contribution in [3.8, 4) is 0 Å². The van der Waals surface area contributed by atoms with Crippen LogP contribution in [0.25, 0.3) is 11.0 Å². The summed E-state index contributed by atoms with van der Waals surface area (Å²) in [6, 6.07) is 7.44. The summed E-state index contributed by atoms with van der Waals surface area (Å²) in [7, 11) is 0. The van der Waals surface area contributed by atoms with Crippen LogP contribution in [-0.2, 0) is 0 Å². The van der Waals surface area contributed by atoms with Crippen LogP contribution < -0.4 is 0 Å². The summed E-state index contributed by atoms with van der Waals surface area (Å²) in [4.78, 5) is 27.8. The van der Waals surface area contributed by atoms with Crippen molar-refractivity contribution in [2.24, 2.45) is 0 Å². The Morgan fingerprint density at radius 1 is 1.26 bits per heavy atom. The zero-order chi connectivity index (χ0) is 15.8. The van der Waals surface area contributed by atoms with Gasteiger partial charge in [0.1, 0.15) is 11.5 Å². The number of benzene rings is 1. The summed E-state index contributed by atoms with van der Waals surface area (Å²) in [6.07, 6.45) is 3.35. The molecule has 1 aromatic carbocycles. The first kappa shape index (κ1) is 13.8. The van der Waals surface area contributed by atoms with Crippen molar-refractivity contribution in [3.05, 3.63) is 47.8 Å². The zero-order valence-corrected chi connectivity index (χ0v) is 12.7. The van der Waals surface area contributed by atoms with Gasteiger partial charge in [0.15, 0.2) is 5.82 Å². The minimum atomic E-state index is -0.117. The van der Waals surface area contributed by atoms with Gasteiger partial charge < -0.3 is 4.90 Å². The molecule has 1 aliphatic heterocycles. The number of aromatic nitrogens is 5. The highest BCUT2D eigenvalue weighted by atomic mass is 16.2. The third-order valence-electron chi connectivity index (χ3n) is 4.09. The molecule has 1 atom stereocenters. The summed E-state index contributed by atoms with van der Waals surface area (Å²) in [5, 5.41) is 7.05. The van der Waals surface area contributed by atoms with E-state index in [1.54, 1.807) is 11.1 Å². The number of H-pyrrole nitrogens is 1. The van der Waals surface area contributed by atoms with Gasteiger partial charge in [-0.05, 0) is 31.9 Å². The Balaban J connectivity index is 1.66. The van der Waals surface area contributed by atoms with E-state index in [0.29, 0.717) is 18.1 Å². The Labute approximate surface area is 132 Å². The molecule has 23 heavy (non-hydrogen) atoms. The van der Waals surface area contributed by atoms with Crippen molar-refractivity contribution < 1.29 is 4.79 Å². The molecule has 1 N–H and O–H groups in total. The van der Waals surface area contributed by atoms with Gasteiger partial charge in [0.25, 0.3) is 5.91 Å². The van der Waals surface area contributed by atoms with Crippen molar-refractivity contribution in [2.45, 2.75) is 25.8 Å². The fourth-order valence-corrected chi connectivity index (χ4v) is 2.99. The van der Waals surface area contributed by atoms with Crippen LogP contribution in [0.1, 0.15) is 41.0 Å². The van der Waals surface area contributed by atoms with Crippen molar-refractivity contribution in [1.82, 2.24) is 30.0 Å². The SMILES string of the molecule is Cc1nc(C2CCCN2C(=O)c2cnc3ccccc3n2)n[nH]1. The van der Waals surface area contributed by atoms with Crippen LogP contribution in [0.4, 0.5) is 0 Å². The van der Waals surface area contributed by atoms with Crippen molar-refractivity contribution in [2.75, 3.05) is 6.54 Å². The fourth-order valence-electron chi connectivity index (χ4n) is 2.99. The highest BCUT2D eigenvalue weighted by Crippen LogP contribution is 2.30. The predicted octanol–water partition coefficient (Wildman–Crippen LogP) is 2.03. The second-order valence-electron chi connectivity index (χ2n) is 5.68. The summed E-state index contributed by atoms with van der Waals surface area (Å²) >= 11 is 0. The molecule has 1 amide bonds. The van der Waals surface area contributed by atoms with E-state index >= 15 is 0 Å². The number of likely N-dealkylation sites (tertiary alicyclic amines) is 1. The van der Waals surface area contributed by atoms with Crippen LogP contribution in [0.2, 0.25) is 0 Å². The summed E-state index contributed by atoms with van der Waals surface area (Å²) in [5.74, 6) is 1.31. The Hall–Kier alpha value is -2.83. The van der Waals surface area contributed by atoms with Gasteiger partial charge in [-0.3, -0.25) is 14.9 Å². The van der Waals surface area contributed by atoms with Crippen LogP contribution in [0.15, 0.2) is 30.5 Å². The zero-order valence-electron chi connectivity index (χ0n) is 12.7. The van der Waals surface area contributed by atoms with E-state index < -0.39 is 0 Å². The van der Waals surface area contributed by atoms with E-state index in [0.717, 1.165) is 29.7 Å². The molecule has 1 unspecified atom stereocenters. The van der Waals surface area contributed by atoms with E-state index in [2.05, 4.69) is 25.1 Å². The predicted molar refractivity (Wildman–Crippen MR) is 83.7 cm³/mol. The maximum Gasteiger partial charge on any atom is 0.274 e. The number of rotatable bonds is 2. The molecule has 1 saturated heterocycles. The molecule has 2 aromatic heterocycles. The van der Waals surface area contributed by atoms with Crippen LogP contribution in [0.3, 0.4) is 0 Å². The van der Waals surface area contributed by atoms with Crippen molar-refractivity contribution >= 4 is 16.9 Å². The maximum atomic E-state index is 12.8. The first-order valence-electron chi connectivity index (χ1n) is 7.64. The normalized spacial score (nSPS) is 17.8. The van der Waals surface area contributed by atoms with E-state index in [-0.39, 0.29) is 11.9 Å². The number of nitrogens with one attached hydrogen (secondary N) is 1. The average molecular weight is 308 g/mol. The summed E-state index contributed by atoms with van der Waals surface area (Å²) in [5.41, 5.74) is 1.87. The number of carbonyl (C=O) groups excluding carboxylic acids is 1. The molecule has 3 aromatic rings. The summed E-state index contributed by atoms with van der Waals surface area (Å²) in [6.45, 7) is 2.54. The third-order valence-corrected chi connectivity index (χ3v) is 4.09. The largest absolute Gasteiger partial charge is 0.327 e. The molecule has 3 heterocycles. The molecule has 0 saturated carbocycles. The van der Waals surface area contributed by atoms with Gasteiger partial charge in [0.05, 0.1) is 23.3 Å². The van der Waals surface area contributed by atoms with Gasteiger partial charge >= 0.3 is 0 Å². The number of hydrogen-bond donors (Lipinski definition) is 1. The minimum Gasteiger partial charge on any atom is -0.327 e. The van der Waals surface area contributed by atoms with E-state index in [4.69, 9.17) is 0 Å². The molecule has 116 valence electrons. The average Bonchev–Trinajstić information content (AvgIpc) is 3.22. The minimum absolute atomic E-state index is 0.0966. The number of aryl methyl sites for hydroxylation is 1. The molecule has 1 fully saturated rings. The summed E-state index contributed by atoms with van der Waals surface area (Å²) < 4.78 is 0. The lowest BCUT2D eigenvalue weighted by atomic mass is 10.2. The number of aromatic amines is 1. The Morgan fingerprint density at radius 2 is 2.09 bits per heavy atom. The smallest absolute Gasteiger partial charge is 0.274 e. The van der Waals surface area contributed by atoms with Gasteiger partial charge in [0, 0.05) is 6.54 Å². The standard InChI is InChI=1S/C16H16N6O/c1-10-18-15(21-20-10)14-7-4-8-22(14)16(23)13-9-17-11-5-2-3-6-12(11)19-13/h2-3,5-6,9,14H,4,7-8H2,1H3,(H,18,20,21). The van der Waals surface area contributed by atoms with Gasteiger partial charge in [-0.2, -0.15) is 5.10 Å². The Morgan fingerprint density at radius 3 is 2.87 bits per heavy atom. The molecule has 1 aliphatic rings. The molecule has 0 bridgehead atoms. The Bertz CT molecular complexity index is 874. The first-order valence-corrected chi connectivity index (χ1v) is 7.64. The number of para-hydroxylation sites is 2. The van der Waals surface area contributed by atoms with E-state index in [1.165, 1.54) is 0 Å². The van der Waals surface area contributed by atoms with Crippen LogP contribution in [-0.4, -0.2) is 42.5 Å². The number of fused-ring (bicyclic) bond motifs is 1. The van der Waals surface area contributed by atoms with Crippen molar-refractivity contribution in [1.29, 1.82) is 0 Å². The Kier molecular flexibility index (Phi) is 3.25. The fraction of sp³-hybridized carbons (Fsp3) is 0.312. The molecular formula is C16H16N6O. The quantitative estimate of drug-likeness (QED) is 0.782. The van der Waals surface area contributed by atoms with Crippen LogP contribution in [0, 0.1) is 6.92 Å². The van der Waals surface area contributed by atoms with E-state index in [9.17, 15) is 4.79 Å². The topological polar surface area (TPSA) is 87.7 Å². The second kappa shape index (κ2) is 5.42. The second-order valence-corrected chi connectivity index (χ2v) is 5.68. The van der Waals surface area contributed by atoms with Gasteiger partial charge in [-0.1, -0.05) is 12.1 Å². The first-order chi connectivity index (χ1) is 11.2. The monoisotopic (exact) mass is 308 g/mol. The molecule has 7 nitrogen and oxygen atoms in total. The molecule has 0 radical (unpaired) electrons. The molecular weight excluding hydrogens is 292 g/mol. The molecule has 0 spiro atoms. The lowest BCUT2D eigenvalue weighted by molar-refractivity contribution is 0.0724. The lowest BCUT2D eigenvalue weighted by Crippen LogP contribution is -2.31. The maximum absolute atomic E-state index is 12.8. The lowest BCUT2D eigenvalue weighted by Gasteiger charge is -2.22. The third kappa shape index (κ3) is 2.44. The molecule has 7 heteroatoms. The van der Waals surface area contributed by atoms with Gasteiger partial charge in [-0.25, -0.2) is 9.97 Å². The molecule has 0 aliphatic carbocycles. The number of nitrogens with zero attached hydrogens (tertiary/aromatic N) is 5. The van der Waals surface area contributed by atoms with Crippen LogP contribution in [0.5, 0.6) is 0 Å². The van der Waals surface area contributed by atoms with Crippen molar-refractivity contribution in [3.63, 3.8) is 0 Å². The highest BCUT2D eigenvalue weighted by molar-refractivity contribution is 5.94. The highest BCUT2D eigenvalue weighted by Gasteiger charge is 2.33. The number of carbonyl (C=O) groups is 1. The van der Waals surface area contributed by atoms with Gasteiger partial charge in [-0.15, -0.1) is 0 Å². The number of hydrogen-bond acceptors (Lipinski definition) is 5. The van der Waals surface area contributed by atoms with Gasteiger partial charge in [0.2, 0.25) is 0 Å². The van der Waals surface area contributed by atoms with E-state index in [1.807, 2.05) is 31.2 Å². The van der Waals surface area contributed by atoms with Crippen LogP contribution >= 0.6 is 0 Å².